The quantitative estimate of drug-likeness (QED) is 0.597. The van der Waals surface area contributed by atoms with E-state index in [0.717, 1.165) is 31.3 Å². The van der Waals surface area contributed by atoms with Crippen molar-refractivity contribution >= 4 is 12.3 Å². The van der Waals surface area contributed by atoms with Crippen LogP contribution in [0.1, 0.15) is 32.1 Å². The highest BCUT2D eigenvalue weighted by Crippen LogP contribution is 2.25. The Morgan fingerprint density at radius 1 is 1.17 bits per heavy atom. The summed E-state index contributed by atoms with van der Waals surface area (Å²) in [4.78, 5) is 24.8. The van der Waals surface area contributed by atoms with Crippen molar-refractivity contribution in [2.24, 2.45) is 0 Å². The SMILES string of the molecule is O=CNC(C(=O)N1CCOCC1)=C1CCCCC1. The van der Waals surface area contributed by atoms with Gasteiger partial charge in [-0.15, -0.1) is 0 Å². The number of hydrogen-bond donors (Lipinski definition) is 1. The molecule has 2 fully saturated rings. The Labute approximate surface area is 107 Å². The zero-order valence-corrected chi connectivity index (χ0v) is 10.6. The van der Waals surface area contributed by atoms with Crippen LogP contribution in [-0.4, -0.2) is 43.5 Å². The molecule has 1 aliphatic heterocycles. The number of carbonyl (C=O) groups is 2. The van der Waals surface area contributed by atoms with E-state index >= 15 is 0 Å². The van der Waals surface area contributed by atoms with E-state index in [1.165, 1.54) is 6.42 Å². The maximum Gasteiger partial charge on any atom is 0.270 e. The van der Waals surface area contributed by atoms with Crippen molar-refractivity contribution in [1.29, 1.82) is 0 Å². The van der Waals surface area contributed by atoms with Gasteiger partial charge in [0.2, 0.25) is 6.41 Å². The molecular formula is C13H20N2O3. The summed E-state index contributed by atoms with van der Waals surface area (Å²) < 4.78 is 5.24. The molecule has 0 spiro atoms. The van der Waals surface area contributed by atoms with Gasteiger partial charge >= 0.3 is 0 Å². The smallest absolute Gasteiger partial charge is 0.270 e. The minimum atomic E-state index is -0.0534. The lowest BCUT2D eigenvalue weighted by molar-refractivity contribution is -0.132. The zero-order valence-electron chi connectivity index (χ0n) is 10.6. The second kappa shape index (κ2) is 6.54. The standard InChI is InChI=1S/C13H20N2O3/c16-10-14-12(11-4-2-1-3-5-11)13(17)15-6-8-18-9-7-15/h10H,1-9H2,(H,14,16). The molecule has 2 amide bonds. The number of rotatable bonds is 3. The molecule has 0 bridgehead atoms. The highest BCUT2D eigenvalue weighted by atomic mass is 16.5. The van der Waals surface area contributed by atoms with Crippen LogP contribution >= 0.6 is 0 Å². The van der Waals surface area contributed by atoms with Crippen molar-refractivity contribution in [3.8, 4) is 0 Å². The monoisotopic (exact) mass is 252 g/mol. The average molecular weight is 252 g/mol. The molecule has 1 saturated carbocycles. The van der Waals surface area contributed by atoms with Gasteiger partial charge in [0.05, 0.1) is 13.2 Å². The number of morpholine rings is 1. The van der Waals surface area contributed by atoms with Gasteiger partial charge in [-0.2, -0.15) is 0 Å². The van der Waals surface area contributed by atoms with Crippen LogP contribution < -0.4 is 5.32 Å². The second-order valence-electron chi connectivity index (χ2n) is 4.71. The van der Waals surface area contributed by atoms with Crippen LogP contribution in [0.25, 0.3) is 0 Å². The molecule has 0 atom stereocenters. The van der Waals surface area contributed by atoms with E-state index < -0.39 is 0 Å². The van der Waals surface area contributed by atoms with Crippen LogP contribution in [0.2, 0.25) is 0 Å². The van der Waals surface area contributed by atoms with Crippen LogP contribution in [0.15, 0.2) is 11.3 Å². The third-order valence-corrected chi connectivity index (χ3v) is 3.53. The number of amides is 2. The van der Waals surface area contributed by atoms with Gasteiger partial charge < -0.3 is 15.0 Å². The molecular weight excluding hydrogens is 232 g/mol. The molecule has 5 heteroatoms. The first kappa shape index (κ1) is 13.1. The van der Waals surface area contributed by atoms with Gasteiger partial charge in [-0.05, 0) is 31.3 Å². The van der Waals surface area contributed by atoms with Gasteiger partial charge in [0.25, 0.3) is 5.91 Å². The number of allylic oxidation sites excluding steroid dienone is 1. The Kier molecular flexibility index (Phi) is 4.75. The van der Waals surface area contributed by atoms with Crippen LogP contribution in [0.5, 0.6) is 0 Å². The first-order chi connectivity index (χ1) is 8.83. The fraction of sp³-hybridized carbons (Fsp3) is 0.692. The van der Waals surface area contributed by atoms with Crippen LogP contribution in [-0.2, 0) is 14.3 Å². The van der Waals surface area contributed by atoms with Crippen molar-refractivity contribution in [2.45, 2.75) is 32.1 Å². The number of ether oxygens (including phenoxy) is 1. The molecule has 0 radical (unpaired) electrons. The van der Waals surface area contributed by atoms with E-state index in [4.69, 9.17) is 4.74 Å². The van der Waals surface area contributed by atoms with E-state index in [1.807, 2.05) is 0 Å². The highest BCUT2D eigenvalue weighted by Gasteiger charge is 2.23. The van der Waals surface area contributed by atoms with Crippen LogP contribution in [0, 0.1) is 0 Å². The minimum absolute atomic E-state index is 0.0534. The van der Waals surface area contributed by atoms with Crippen molar-refractivity contribution < 1.29 is 14.3 Å². The first-order valence-corrected chi connectivity index (χ1v) is 6.62. The van der Waals surface area contributed by atoms with Gasteiger partial charge in [-0.3, -0.25) is 9.59 Å². The van der Waals surface area contributed by atoms with E-state index in [-0.39, 0.29) is 5.91 Å². The summed E-state index contributed by atoms with van der Waals surface area (Å²) in [5.74, 6) is -0.0534. The third kappa shape index (κ3) is 3.10. The molecule has 2 aliphatic rings. The highest BCUT2D eigenvalue weighted by molar-refractivity contribution is 5.95. The van der Waals surface area contributed by atoms with E-state index in [9.17, 15) is 9.59 Å². The van der Waals surface area contributed by atoms with Gasteiger partial charge in [-0.25, -0.2) is 0 Å². The maximum atomic E-state index is 12.4. The summed E-state index contributed by atoms with van der Waals surface area (Å²) in [6, 6.07) is 0. The summed E-state index contributed by atoms with van der Waals surface area (Å²) in [6.07, 6.45) is 5.88. The van der Waals surface area contributed by atoms with Gasteiger partial charge in [0, 0.05) is 13.1 Å². The molecule has 18 heavy (non-hydrogen) atoms. The molecule has 0 aromatic rings. The summed E-state index contributed by atoms with van der Waals surface area (Å²) >= 11 is 0. The number of carbonyl (C=O) groups excluding carboxylic acids is 2. The molecule has 2 rings (SSSR count). The predicted octanol–water partition coefficient (Wildman–Crippen LogP) is 0.809. The summed E-state index contributed by atoms with van der Waals surface area (Å²) in [7, 11) is 0. The lowest BCUT2D eigenvalue weighted by Crippen LogP contribution is -2.44. The molecule has 1 aliphatic carbocycles. The van der Waals surface area contributed by atoms with Crippen LogP contribution in [0.4, 0.5) is 0 Å². The van der Waals surface area contributed by atoms with Gasteiger partial charge in [0.15, 0.2) is 0 Å². The molecule has 0 aromatic heterocycles. The Balaban J connectivity index is 2.12. The Hall–Kier alpha value is -1.36. The maximum absolute atomic E-state index is 12.4. The van der Waals surface area contributed by atoms with Gasteiger partial charge in [0.1, 0.15) is 5.70 Å². The molecule has 1 saturated heterocycles. The van der Waals surface area contributed by atoms with Gasteiger partial charge in [-0.1, -0.05) is 6.42 Å². The zero-order chi connectivity index (χ0) is 12.8. The van der Waals surface area contributed by atoms with Crippen molar-refractivity contribution in [3.63, 3.8) is 0 Å². The normalized spacial score (nSPS) is 20.4. The summed E-state index contributed by atoms with van der Waals surface area (Å²) in [6.45, 7) is 2.37. The molecule has 5 nitrogen and oxygen atoms in total. The largest absolute Gasteiger partial charge is 0.378 e. The summed E-state index contributed by atoms with van der Waals surface area (Å²) in [5.41, 5.74) is 1.61. The Morgan fingerprint density at radius 3 is 2.44 bits per heavy atom. The topological polar surface area (TPSA) is 58.6 Å². The number of nitrogens with zero attached hydrogens (tertiary/aromatic N) is 1. The summed E-state index contributed by atoms with van der Waals surface area (Å²) in [5, 5.41) is 2.62. The molecule has 0 unspecified atom stereocenters. The average Bonchev–Trinajstić information content (AvgIpc) is 2.46. The van der Waals surface area contributed by atoms with E-state index in [2.05, 4.69) is 5.32 Å². The number of hydrogen-bond acceptors (Lipinski definition) is 3. The Bertz CT molecular complexity index is 338. The lowest BCUT2D eigenvalue weighted by atomic mass is 9.93. The fourth-order valence-electron chi connectivity index (χ4n) is 2.53. The molecule has 100 valence electrons. The molecule has 1 N–H and O–H groups in total. The minimum Gasteiger partial charge on any atom is -0.378 e. The second-order valence-corrected chi connectivity index (χ2v) is 4.71. The van der Waals surface area contributed by atoms with Crippen molar-refractivity contribution in [2.75, 3.05) is 26.3 Å². The third-order valence-electron chi connectivity index (χ3n) is 3.53. The predicted molar refractivity (Wildman–Crippen MR) is 66.7 cm³/mol. The van der Waals surface area contributed by atoms with Crippen molar-refractivity contribution in [3.05, 3.63) is 11.3 Å². The van der Waals surface area contributed by atoms with E-state index in [0.29, 0.717) is 38.4 Å². The fourth-order valence-corrected chi connectivity index (χ4v) is 2.53. The lowest BCUT2D eigenvalue weighted by Gasteiger charge is -2.29. The number of nitrogens with one attached hydrogen (secondary N) is 1. The molecule has 0 aromatic carbocycles. The molecule has 1 heterocycles. The Morgan fingerprint density at radius 2 is 1.83 bits per heavy atom. The van der Waals surface area contributed by atoms with E-state index in [1.54, 1.807) is 4.90 Å². The first-order valence-electron chi connectivity index (χ1n) is 6.62. The van der Waals surface area contributed by atoms with Crippen LogP contribution in [0.3, 0.4) is 0 Å². The van der Waals surface area contributed by atoms with Crippen molar-refractivity contribution in [1.82, 2.24) is 10.2 Å².